The molecule has 0 saturated carbocycles. The molecule has 4 N–H and O–H groups in total. The number of carbonyl (C=O) groups is 2. The van der Waals surface area contributed by atoms with Crippen molar-refractivity contribution in [2.45, 2.75) is 38.1 Å². The highest BCUT2D eigenvalue weighted by Gasteiger charge is 2.29. The minimum atomic E-state index is -1.15. The number of hydrogen-bond donors (Lipinski definition) is 3. The molecule has 1 unspecified atom stereocenters. The van der Waals surface area contributed by atoms with Crippen molar-refractivity contribution in [3.8, 4) is 0 Å². The van der Waals surface area contributed by atoms with E-state index in [1.165, 1.54) is 0 Å². The number of imidazole rings is 1. The van der Waals surface area contributed by atoms with Crippen molar-refractivity contribution in [1.29, 1.82) is 0 Å². The van der Waals surface area contributed by atoms with E-state index in [4.69, 9.17) is 10.5 Å². The topological polar surface area (TPSA) is 111 Å². The molecule has 1 aromatic heterocycles. The van der Waals surface area contributed by atoms with E-state index in [0.29, 0.717) is 12.4 Å². The number of benzene rings is 3. The molecule has 0 aliphatic rings. The van der Waals surface area contributed by atoms with Crippen LogP contribution in [0.2, 0.25) is 0 Å². The van der Waals surface area contributed by atoms with E-state index in [1.807, 2.05) is 71.3 Å². The van der Waals surface area contributed by atoms with E-state index >= 15 is 0 Å². The minimum absolute atomic E-state index is 0.0279. The first-order chi connectivity index (χ1) is 18.3. The number of aromatic nitrogens is 2. The molecular formula is C30H33N5O3. The molecule has 196 valence electrons. The number of rotatable bonds is 11. The van der Waals surface area contributed by atoms with Crippen LogP contribution < -0.4 is 16.4 Å². The predicted molar refractivity (Wildman–Crippen MR) is 147 cm³/mol. The summed E-state index contributed by atoms with van der Waals surface area (Å²) in [6.45, 7) is 3.44. The molecule has 8 heteroatoms. The zero-order valence-corrected chi connectivity index (χ0v) is 21.6. The molecule has 2 amide bonds. The van der Waals surface area contributed by atoms with Crippen molar-refractivity contribution in [3.63, 3.8) is 0 Å². The fourth-order valence-corrected chi connectivity index (χ4v) is 3.96. The first-order valence-electron chi connectivity index (χ1n) is 12.5. The van der Waals surface area contributed by atoms with E-state index in [9.17, 15) is 9.59 Å². The maximum Gasteiger partial charge on any atom is 0.250 e. The standard InChI is InChI=1S/C30H33N5O3/c1-30(2,31)29(37)33-25(20-38-19-22-12-6-3-7-13-22)28(36)34-26-18-35(21-32-26)27(23-14-8-4-9-15-23)24-16-10-5-11-17-24/h3-18,21,25,27H,19-20,31H2,1-2H3,(H,33,37)(H,34,36). The van der Waals surface area contributed by atoms with Gasteiger partial charge in [0.15, 0.2) is 5.82 Å². The van der Waals surface area contributed by atoms with Gasteiger partial charge in [-0.05, 0) is 30.5 Å². The Morgan fingerprint density at radius 1 is 0.921 bits per heavy atom. The highest BCUT2D eigenvalue weighted by atomic mass is 16.5. The zero-order valence-electron chi connectivity index (χ0n) is 21.6. The number of amides is 2. The third-order valence-corrected chi connectivity index (χ3v) is 5.98. The summed E-state index contributed by atoms with van der Waals surface area (Å²) in [5.41, 5.74) is 7.92. The predicted octanol–water partition coefficient (Wildman–Crippen LogP) is 3.90. The number of hydrogen-bond acceptors (Lipinski definition) is 5. The molecule has 0 fully saturated rings. The average Bonchev–Trinajstić information content (AvgIpc) is 3.37. The van der Waals surface area contributed by atoms with Crippen LogP contribution >= 0.6 is 0 Å². The number of nitrogens with two attached hydrogens (primary N) is 1. The lowest BCUT2D eigenvalue weighted by molar-refractivity contribution is -0.130. The second kappa shape index (κ2) is 12.3. The van der Waals surface area contributed by atoms with Gasteiger partial charge in [-0.25, -0.2) is 4.98 Å². The Hall–Kier alpha value is -4.27. The molecule has 4 aromatic rings. The van der Waals surface area contributed by atoms with Gasteiger partial charge in [0.05, 0.1) is 31.1 Å². The van der Waals surface area contributed by atoms with Crippen LogP contribution in [0, 0.1) is 0 Å². The smallest absolute Gasteiger partial charge is 0.250 e. The van der Waals surface area contributed by atoms with Crippen molar-refractivity contribution in [2.24, 2.45) is 5.73 Å². The minimum Gasteiger partial charge on any atom is -0.374 e. The number of nitrogens with one attached hydrogen (secondary N) is 2. The van der Waals surface area contributed by atoms with Gasteiger partial charge in [-0.2, -0.15) is 0 Å². The number of carbonyl (C=O) groups excluding carboxylic acids is 2. The van der Waals surface area contributed by atoms with Crippen molar-refractivity contribution >= 4 is 17.6 Å². The second-order valence-corrected chi connectivity index (χ2v) is 9.67. The summed E-state index contributed by atoms with van der Waals surface area (Å²) in [6, 6.07) is 28.7. The molecule has 0 spiro atoms. The number of nitrogens with zero attached hydrogens (tertiary/aromatic N) is 2. The van der Waals surface area contributed by atoms with Crippen LogP contribution in [0.3, 0.4) is 0 Å². The summed E-state index contributed by atoms with van der Waals surface area (Å²) in [5, 5.41) is 5.53. The van der Waals surface area contributed by atoms with Gasteiger partial charge in [-0.3, -0.25) is 9.59 Å². The summed E-state index contributed by atoms with van der Waals surface area (Å²) in [7, 11) is 0. The van der Waals surface area contributed by atoms with Crippen molar-refractivity contribution in [1.82, 2.24) is 14.9 Å². The summed E-state index contributed by atoms with van der Waals surface area (Å²) in [5.74, 6) is -0.544. The molecule has 0 aliphatic heterocycles. The summed E-state index contributed by atoms with van der Waals surface area (Å²) in [4.78, 5) is 30.2. The van der Waals surface area contributed by atoms with E-state index in [2.05, 4.69) is 39.9 Å². The molecule has 0 radical (unpaired) electrons. The van der Waals surface area contributed by atoms with Gasteiger partial charge in [0.1, 0.15) is 6.04 Å². The summed E-state index contributed by atoms with van der Waals surface area (Å²) >= 11 is 0. The SMILES string of the molecule is CC(C)(N)C(=O)NC(COCc1ccccc1)C(=O)Nc1cn(C(c2ccccc2)c2ccccc2)cn1. The molecule has 1 atom stereocenters. The van der Waals surface area contributed by atoms with Crippen LogP contribution in [0.25, 0.3) is 0 Å². The summed E-state index contributed by atoms with van der Waals surface area (Å²) < 4.78 is 7.72. The Bertz CT molecular complexity index is 1280. The molecule has 0 aliphatic carbocycles. The fourth-order valence-electron chi connectivity index (χ4n) is 3.96. The Balaban J connectivity index is 1.50. The maximum absolute atomic E-state index is 13.2. The van der Waals surface area contributed by atoms with Gasteiger partial charge < -0.3 is 25.7 Å². The third kappa shape index (κ3) is 7.15. The van der Waals surface area contributed by atoms with Gasteiger partial charge in [-0.1, -0.05) is 91.0 Å². The largest absolute Gasteiger partial charge is 0.374 e. The lowest BCUT2D eigenvalue weighted by atomic mass is 9.99. The van der Waals surface area contributed by atoms with E-state index in [0.717, 1.165) is 16.7 Å². The highest BCUT2D eigenvalue weighted by molar-refractivity contribution is 5.98. The van der Waals surface area contributed by atoms with Gasteiger partial charge in [0.25, 0.3) is 5.91 Å². The molecule has 38 heavy (non-hydrogen) atoms. The first-order valence-corrected chi connectivity index (χ1v) is 12.5. The van der Waals surface area contributed by atoms with Gasteiger partial charge >= 0.3 is 0 Å². The number of ether oxygens (including phenoxy) is 1. The number of anilines is 1. The van der Waals surface area contributed by atoms with Crippen molar-refractivity contribution < 1.29 is 14.3 Å². The van der Waals surface area contributed by atoms with E-state index < -0.39 is 23.4 Å². The quantitative estimate of drug-likeness (QED) is 0.283. The monoisotopic (exact) mass is 511 g/mol. The van der Waals surface area contributed by atoms with Crippen LogP contribution in [-0.2, 0) is 20.9 Å². The lowest BCUT2D eigenvalue weighted by Crippen LogP contribution is -2.56. The normalized spacial score (nSPS) is 12.2. The Morgan fingerprint density at radius 3 is 2.03 bits per heavy atom. The molecule has 0 saturated heterocycles. The molecule has 8 nitrogen and oxygen atoms in total. The van der Waals surface area contributed by atoms with E-state index in [1.54, 1.807) is 26.4 Å². The van der Waals surface area contributed by atoms with Crippen LogP contribution in [0.4, 0.5) is 5.82 Å². The van der Waals surface area contributed by atoms with Gasteiger partial charge in [0.2, 0.25) is 5.91 Å². The molecule has 0 bridgehead atoms. The highest BCUT2D eigenvalue weighted by Crippen LogP contribution is 2.27. The first kappa shape index (κ1) is 26.8. The van der Waals surface area contributed by atoms with Gasteiger partial charge in [0, 0.05) is 6.20 Å². The molecule has 1 heterocycles. The second-order valence-electron chi connectivity index (χ2n) is 9.67. The van der Waals surface area contributed by atoms with Crippen molar-refractivity contribution in [2.75, 3.05) is 11.9 Å². The van der Waals surface area contributed by atoms with Crippen LogP contribution in [0.1, 0.15) is 36.6 Å². The lowest BCUT2D eigenvalue weighted by Gasteiger charge is -2.23. The van der Waals surface area contributed by atoms with Crippen LogP contribution in [0.15, 0.2) is 104 Å². The van der Waals surface area contributed by atoms with Crippen LogP contribution in [0.5, 0.6) is 0 Å². The van der Waals surface area contributed by atoms with Gasteiger partial charge in [-0.15, -0.1) is 0 Å². The molecular weight excluding hydrogens is 478 g/mol. The Kier molecular flexibility index (Phi) is 8.68. The van der Waals surface area contributed by atoms with Crippen LogP contribution in [-0.4, -0.2) is 39.6 Å². The fraction of sp³-hybridized carbons (Fsp3) is 0.233. The van der Waals surface area contributed by atoms with Crippen molar-refractivity contribution in [3.05, 3.63) is 120 Å². The molecule has 3 aromatic carbocycles. The Morgan fingerprint density at radius 2 is 1.47 bits per heavy atom. The Labute approximate surface area is 222 Å². The summed E-state index contributed by atoms with van der Waals surface area (Å²) in [6.07, 6.45) is 3.46. The third-order valence-electron chi connectivity index (χ3n) is 5.98. The molecule has 4 rings (SSSR count). The van der Waals surface area contributed by atoms with E-state index in [-0.39, 0.29) is 12.6 Å². The average molecular weight is 512 g/mol. The maximum atomic E-state index is 13.2. The zero-order chi connectivity index (χ0) is 27.0.